The maximum atomic E-state index is 9.99. The Morgan fingerprint density at radius 2 is 1.93 bits per heavy atom. The number of aliphatic hydroxyl groups is 1. The van der Waals surface area contributed by atoms with Gasteiger partial charge in [0.05, 0.1) is 6.10 Å². The third-order valence-corrected chi connectivity index (χ3v) is 3.54. The van der Waals surface area contributed by atoms with Gasteiger partial charge in [-0.15, -0.1) is 0 Å². The number of hydrogen-bond donors (Lipinski definition) is 1. The van der Waals surface area contributed by atoms with Crippen LogP contribution in [-0.2, 0) is 0 Å². The van der Waals surface area contributed by atoms with Gasteiger partial charge in [0.2, 0.25) is 0 Å². The molecule has 2 rings (SSSR count). The first-order valence-corrected chi connectivity index (χ1v) is 5.91. The van der Waals surface area contributed by atoms with E-state index >= 15 is 0 Å². The fourth-order valence-electron chi connectivity index (χ4n) is 2.41. The number of fused-ring (bicyclic) bond motifs is 1. The molecule has 0 aromatic heterocycles. The van der Waals surface area contributed by atoms with Gasteiger partial charge in [0, 0.05) is 0 Å². The predicted octanol–water partition coefficient (Wildman–Crippen LogP) is 3.74. The van der Waals surface area contributed by atoms with E-state index in [0.29, 0.717) is 11.8 Å². The first kappa shape index (κ1) is 10.7. The van der Waals surface area contributed by atoms with Gasteiger partial charge in [0.25, 0.3) is 0 Å². The molecule has 1 aliphatic carbocycles. The van der Waals surface area contributed by atoms with Crippen LogP contribution < -0.4 is 0 Å². The lowest BCUT2D eigenvalue weighted by molar-refractivity contribution is 0.151. The number of rotatable bonds is 1. The molecule has 0 radical (unpaired) electrons. The highest BCUT2D eigenvalue weighted by Gasteiger charge is 2.23. The van der Waals surface area contributed by atoms with Crippen LogP contribution in [0.3, 0.4) is 0 Å². The third kappa shape index (κ3) is 1.93. The summed E-state index contributed by atoms with van der Waals surface area (Å²) in [7, 11) is 0. The second-order valence-electron chi connectivity index (χ2n) is 5.04. The van der Waals surface area contributed by atoms with E-state index in [0.717, 1.165) is 12.8 Å². The minimum absolute atomic E-state index is 0.241. The van der Waals surface area contributed by atoms with E-state index in [1.807, 2.05) is 0 Å². The third-order valence-electron chi connectivity index (χ3n) is 3.54. The molecular weight excluding hydrogens is 184 g/mol. The Bertz CT molecular complexity index is 354. The molecule has 1 nitrogen and oxygen atoms in total. The standard InChI is InChI=1S/C14H20O/c1-9(2)11-5-6-12-10(3)4-7-14(15)13(12)8-11/h5-6,8-10,14-15H,4,7H2,1-3H3/t10?,14-/m0/s1. The lowest BCUT2D eigenvalue weighted by atomic mass is 9.81. The summed E-state index contributed by atoms with van der Waals surface area (Å²) < 4.78 is 0. The molecule has 15 heavy (non-hydrogen) atoms. The van der Waals surface area contributed by atoms with Gasteiger partial charge in [-0.3, -0.25) is 0 Å². The Morgan fingerprint density at radius 1 is 1.20 bits per heavy atom. The van der Waals surface area contributed by atoms with Crippen molar-refractivity contribution >= 4 is 0 Å². The molecule has 0 saturated carbocycles. The van der Waals surface area contributed by atoms with Gasteiger partial charge < -0.3 is 5.11 Å². The molecule has 1 aromatic carbocycles. The fraction of sp³-hybridized carbons (Fsp3) is 0.571. The van der Waals surface area contributed by atoms with Gasteiger partial charge in [0.15, 0.2) is 0 Å². The molecule has 0 amide bonds. The Morgan fingerprint density at radius 3 is 2.60 bits per heavy atom. The van der Waals surface area contributed by atoms with Crippen molar-refractivity contribution in [2.75, 3.05) is 0 Å². The largest absolute Gasteiger partial charge is 0.388 e. The van der Waals surface area contributed by atoms with Crippen molar-refractivity contribution in [1.82, 2.24) is 0 Å². The van der Waals surface area contributed by atoms with Crippen LogP contribution >= 0.6 is 0 Å². The topological polar surface area (TPSA) is 20.2 Å². The van der Waals surface area contributed by atoms with Gasteiger partial charge in [-0.25, -0.2) is 0 Å². The Labute approximate surface area is 92.1 Å². The summed E-state index contributed by atoms with van der Waals surface area (Å²) in [5.41, 5.74) is 3.85. The average Bonchev–Trinajstić information content (AvgIpc) is 2.23. The molecule has 0 aliphatic heterocycles. The Kier molecular flexibility index (Phi) is 2.83. The van der Waals surface area contributed by atoms with E-state index < -0.39 is 0 Å². The van der Waals surface area contributed by atoms with Crippen LogP contribution in [-0.4, -0.2) is 5.11 Å². The maximum Gasteiger partial charge on any atom is 0.0793 e. The molecule has 82 valence electrons. The van der Waals surface area contributed by atoms with Crippen LogP contribution in [0.1, 0.15) is 68.2 Å². The molecule has 0 saturated heterocycles. The molecule has 1 aliphatic rings. The lowest BCUT2D eigenvalue weighted by Gasteiger charge is -2.27. The number of hydrogen-bond acceptors (Lipinski definition) is 1. The summed E-state index contributed by atoms with van der Waals surface area (Å²) in [6.07, 6.45) is 1.78. The first-order valence-electron chi connectivity index (χ1n) is 5.91. The van der Waals surface area contributed by atoms with Gasteiger partial charge in [-0.1, -0.05) is 39.0 Å². The second kappa shape index (κ2) is 3.97. The molecule has 1 heteroatoms. The molecule has 0 heterocycles. The molecule has 1 N–H and O–H groups in total. The van der Waals surface area contributed by atoms with Crippen molar-refractivity contribution in [2.45, 2.75) is 51.6 Å². The van der Waals surface area contributed by atoms with E-state index in [1.54, 1.807) is 0 Å². The zero-order valence-corrected chi connectivity index (χ0v) is 9.83. The molecule has 0 fully saturated rings. The van der Waals surface area contributed by atoms with E-state index in [-0.39, 0.29) is 6.10 Å². The molecular formula is C14H20O. The predicted molar refractivity (Wildman–Crippen MR) is 63.1 cm³/mol. The van der Waals surface area contributed by atoms with Gasteiger partial charge in [0.1, 0.15) is 0 Å². The Hall–Kier alpha value is -0.820. The number of aliphatic hydroxyl groups excluding tert-OH is 1. The van der Waals surface area contributed by atoms with Crippen LogP contribution in [0.4, 0.5) is 0 Å². The molecule has 1 unspecified atom stereocenters. The zero-order chi connectivity index (χ0) is 11.0. The van der Waals surface area contributed by atoms with Crippen molar-refractivity contribution in [3.8, 4) is 0 Å². The SMILES string of the molecule is CC(C)c1ccc2c(c1)[C@@H](O)CCC2C. The molecule has 0 spiro atoms. The number of benzene rings is 1. The average molecular weight is 204 g/mol. The molecule has 0 bridgehead atoms. The van der Waals surface area contributed by atoms with Gasteiger partial charge >= 0.3 is 0 Å². The van der Waals surface area contributed by atoms with Crippen LogP contribution in [0.2, 0.25) is 0 Å². The van der Waals surface area contributed by atoms with E-state index in [1.165, 1.54) is 16.7 Å². The Balaban J connectivity index is 2.45. The quantitative estimate of drug-likeness (QED) is 0.738. The van der Waals surface area contributed by atoms with Gasteiger partial charge in [-0.2, -0.15) is 0 Å². The maximum absolute atomic E-state index is 9.99. The highest BCUT2D eigenvalue weighted by Crippen LogP contribution is 2.38. The minimum Gasteiger partial charge on any atom is -0.388 e. The van der Waals surface area contributed by atoms with Crippen molar-refractivity contribution in [3.63, 3.8) is 0 Å². The van der Waals surface area contributed by atoms with Crippen molar-refractivity contribution < 1.29 is 5.11 Å². The van der Waals surface area contributed by atoms with Crippen LogP contribution in [0, 0.1) is 0 Å². The second-order valence-corrected chi connectivity index (χ2v) is 5.04. The van der Waals surface area contributed by atoms with E-state index in [9.17, 15) is 5.11 Å². The summed E-state index contributed by atoms with van der Waals surface area (Å²) in [6.45, 7) is 6.64. The normalized spacial score (nSPS) is 25.4. The van der Waals surface area contributed by atoms with Crippen LogP contribution in [0.15, 0.2) is 18.2 Å². The van der Waals surface area contributed by atoms with Crippen LogP contribution in [0.25, 0.3) is 0 Å². The fourth-order valence-corrected chi connectivity index (χ4v) is 2.41. The summed E-state index contributed by atoms with van der Waals surface area (Å²) in [4.78, 5) is 0. The molecule has 1 aromatic rings. The van der Waals surface area contributed by atoms with Crippen molar-refractivity contribution in [3.05, 3.63) is 34.9 Å². The van der Waals surface area contributed by atoms with Crippen molar-refractivity contribution in [1.29, 1.82) is 0 Å². The van der Waals surface area contributed by atoms with Crippen LogP contribution in [0.5, 0.6) is 0 Å². The summed E-state index contributed by atoms with van der Waals surface area (Å²) in [5, 5.41) is 9.99. The summed E-state index contributed by atoms with van der Waals surface area (Å²) in [5.74, 6) is 1.14. The van der Waals surface area contributed by atoms with Crippen molar-refractivity contribution in [2.24, 2.45) is 0 Å². The zero-order valence-electron chi connectivity index (χ0n) is 9.83. The highest BCUT2D eigenvalue weighted by molar-refractivity contribution is 5.38. The van der Waals surface area contributed by atoms with E-state index in [4.69, 9.17) is 0 Å². The van der Waals surface area contributed by atoms with E-state index in [2.05, 4.69) is 39.0 Å². The lowest BCUT2D eigenvalue weighted by Crippen LogP contribution is -2.12. The summed E-state index contributed by atoms with van der Waals surface area (Å²) in [6, 6.07) is 6.61. The molecule has 2 atom stereocenters. The summed E-state index contributed by atoms with van der Waals surface area (Å²) >= 11 is 0. The minimum atomic E-state index is -0.241. The monoisotopic (exact) mass is 204 g/mol. The van der Waals surface area contributed by atoms with Gasteiger partial charge in [-0.05, 0) is 41.4 Å². The highest BCUT2D eigenvalue weighted by atomic mass is 16.3. The smallest absolute Gasteiger partial charge is 0.0793 e. The first-order chi connectivity index (χ1) is 7.09.